The van der Waals surface area contributed by atoms with E-state index in [4.69, 9.17) is 0 Å². The van der Waals surface area contributed by atoms with E-state index in [1.807, 2.05) is 18.5 Å². The van der Waals surface area contributed by atoms with E-state index in [9.17, 15) is 4.79 Å². The van der Waals surface area contributed by atoms with E-state index >= 15 is 0 Å². The largest absolute Gasteiger partial charge is 0.345 e. The third kappa shape index (κ3) is 4.30. The molecule has 1 saturated heterocycles. The molecule has 112 valence electrons. The van der Waals surface area contributed by atoms with E-state index in [2.05, 4.69) is 20.4 Å². The summed E-state index contributed by atoms with van der Waals surface area (Å²) in [5.74, 6) is 0.854. The molecular formula is C14H25N5O. The molecule has 0 aromatic carbocycles. The number of aromatic nitrogens is 3. The Morgan fingerprint density at radius 2 is 1.95 bits per heavy atom. The Morgan fingerprint density at radius 1 is 1.30 bits per heavy atom. The fourth-order valence-corrected chi connectivity index (χ4v) is 2.71. The van der Waals surface area contributed by atoms with Crippen molar-refractivity contribution in [2.45, 2.75) is 45.1 Å². The fraction of sp³-hybridized carbons (Fsp3) is 0.786. The van der Waals surface area contributed by atoms with Crippen LogP contribution in [0, 0.1) is 0 Å². The van der Waals surface area contributed by atoms with Crippen LogP contribution in [-0.2, 0) is 11.8 Å². The first-order valence-corrected chi connectivity index (χ1v) is 7.52. The van der Waals surface area contributed by atoms with Crippen LogP contribution in [0.2, 0.25) is 0 Å². The predicted octanol–water partition coefficient (Wildman–Crippen LogP) is 1.26. The first kappa shape index (κ1) is 15.0. The first-order chi connectivity index (χ1) is 9.66. The lowest BCUT2D eigenvalue weighted by Gasteiger charge is -2.24. The summed E-state index contributed by atoms with van der Waals surface area (Å²) in [6.45, 7) is 4.50. The number of likely N-dealkylation sites (tertiary alicyclic amines) is 1. The SMILES string of the molecule is C[C@@H](NC(=O)CN1CCCCCCC1)c1nncn1C. The second kappa shape index (κ2) is 7.38. The van der Waals surface area contributed by atoms with Crippen molar-refractivity contribution >= 4 is 5.91 Å². The second-order valence-corrected chi connectivity index (χ2v) is 5.63. The predicted molar refractivity (Wildman–Crippen MR) is 77.1 cm³/mol. The van der Waals surface area contributed by atoms with Gasteiger partial charge in [-0.1, -0.05) is 19.3 Å². The number of carbonyl (C=O) groups excluding carboxylic acids is 1. The Kier molecular flexibility index (Phi) is 5.52. The molecule has 20 heavy (non-hydrogen) atoms. The van der Waals surface area contributed by atoms with E-state index in [0.29, 0.717) is 6.54 Å². The summed E-state index contributed by atoms with van der Waals surface area (Å²) in [5.41, 5.74) is 0. The van der Waals surface area contributed by atoms with Crippen LogP contribution < -0.4 is 5.32 Å². The maximum absolute atomic E-state index is 12.1. The van der Waals surface area contributed by atoms with Crippen LogP contribution in [0.5, 0.6) is 0 Å². The lowest BCUT2D eigenvalue weighted by molar-refractivity contribution is -0.123. The molecular weight excluding hydrogens is 254 g/mol. The third-order valence-electron chi connectivity index (χ3n) is 3.83. The molecule has 1 N–H and O–H groups in total. The summed E-state index contributed by atoms with van der Waals surface area (Å²) in [7, 11) is 1.89. The normalized spacial score (nSPS) is 19.1. The van der Waals surface area contributed by atoms with Gasteiger partial charge < -0.3 is 9.88 Å². The van der Waals surface area contributed by atoms with E-state index in [-0.39, 0.29) is 11.9 Å². The molecule has 1 amide bonds. The van der Waals surface area contributed by atoms with Crippen LogP contribution in [0.4, 0.5) is 0 Å². The third-order valence-corrected chi connectivity index (χ3v) is 3.83. The van der Waals surface area contributed by atoms with Gasteiger partial charge >= 0.3 is 0 Å². The Morgan fingerprint density at radius 3 is 2.55 bits per heavy atom. The molecule has 1 aliphatic heterocycles. The molecule has 6 heteroatoms. The average molecular weight is 279 g/mol. The molecule has 0 bridgehead atoms. The highest BCUT2D eigenvalue weighted by Gasteiger charge is 2.17. The summed E-state index contributed by atoms with van der Waals surface area (Å²) >= 11 is 0. The lowest BCUT2D eigenvalue weighted by atomic mass is 10.1. The molecule has 6 nitrogen and oxygen atoms in total. The van der Waals surface area contributed by atoms with Gasteiger partial charge in [-0.05, 0) is 32.9 Å². The standard InChI is InChI=1S/C14H25N5O/c1-12(14-17-15-11-18(14)2)16-13(20)10-19-8-6-4-3-5-7-9-19/h11-12H,3-10H2,1-2H3,(H,16,20)/t12-/m1/s1. The van der Waals surface area contributed by atoms with E-state index < -0.39 is 0 Å². The Balaban J connectivity index is 1.80. The minimum atomic E-state index is -0.107. The molecule has 0 unspecified atom stereocenters. The lowest BCUT2D eigenvalue weighted by Crippen LogP contribution is -2.40. The van der Waals surface area contributed by atoms with Gasteiger partial charge in [-0.15, -0.1) is 10.2 Å². The van der Waals surface area contributed by atoms with Crippen LogP contribution in [0.1, 0.15) is 50.9 Å². The van der Waals surface area contributed by atoms with Crippen LogP contribution in [-0.4, -0.2) is 45.2 Å². The van der Waals surface area contributed by atoms with Crippen molar-refractivity contribution in [3.05, 3.63) is 12.2 Å². The van der Waals surface area contributed by atoms with Crippen molar-refractivity contribution in [2.24, 2.45) is 7.05 Å². The van der Waals surface area contributed by atoms with Crippen LogP contribution in [0.15, 0.2) is 6.33 Å². The van der Waals surface area contributed by atoms with Gasteiger partial charge in [0.2, 0.25) is 5.91 Å². The van der Waals surface area contributed by atoms with E-state index in [1.54, 1.807) is 6.33 Å². The molecule has 1 aliphatic rings. The number of hydrogen-bond donors (Lipinski definition) is 1. The highest BCUT2D eigenvalue weighted by Crippen LogP contribution is 2.11. The molecule has 2 heterocycles. The van der Waals surface area contributed by atoms with Crippen molar-refractivity contribution in [1.29, 1.82) is 0 Å². The number of nitrogens with zero attached hydrogens (tertiary/aromatic N) is 4. The summed E-state index contributed by atoms with van der Waals surface area (Å²) in [5, 5.41) is 10.9. The molecule has 2 rings (SSSR count). The maximum Gasteiger partial charge on any atom is 0.234 e. The zero-order valence-electron chi connectivity index (χ0n) is 12.5. The Bertz CT molecular complexity index is 423. The molecule has 1 aromatic heterocycles. The van der Waals surface area contributed by atoms with Gasteiger partial charge in [-0.3, -0.25) is 9.69 Å². The van der Waals surface area contributed by atoms with Gasteiger partial charge in [0.1, 0.15) is 6.33 Å². The molecule has 1 fully saturated rings. The van der Waals surface area contributed by atoms with Gasteiger partial charge in [0.15, 0.2) is 5.82 Å². The van der Waals surface area contributed by atoms with Gasteiger partial charge in [-0.25, -0.2) is 0 Å². The van der Waals surface area contributed by atoms with E-state index in [1.165, 1.54) is 32.1 Å². The minimum absolute atomic E-state index is 0.0704. The molecule has 0 saturated carbocycles. The molecule has 1 aromatic rings. The quantitative estimate of drug-likeness (QED) is 0.901. The number of carbonyl (C=O) groups is 1. The number of rotatable bonds is 4. The minimum Gasteiger partial charge on any atom is -0.345 e. The first-order valence-electron chi connectivity index (χ1n) is 7.52. The number of amides is 1. The van der Waals surface area contributed by atoms with Gasteiger partial charge in [0.05, 0.1) is 12.6 Å². The monoisotopic (exact) mass is 279 g/mol. The summed E-state index contributed by atoms with van der Waals surface area (Å²) in [4.78, 5) is 14.4. The Hall–Kier alpha value is -1.43. The smallest absolute Gasteiger partial charge is 0.234 e. The van der Waals surface area contributed by atoms with E-state index in [0.717, 1.165) is 18.9 Å². The van der Waals surface area contributed by atoms with Crippen molar-refractivity contribution < 1.29 is 4.79 Å². The van der Waals surface area contributed by atoms with Crippen molar-refractivity contribution in [1.82, 2.24) is 25.0 Å². The zero-order chi connectivity index (χ0) is 14.4. The van der Waals surface area contributed by atoms with Crippen molar-refractivity contribution in [3.8, 4) is 0 Å². The molecule has 0 aliphatic carbocycles. The number of nitrogens with one attached hydrogen (secondary N) is 1. The van der Waals surface area contributed by atoms with Gasteiger partial charge in [0.25, 0.3) is 0 Å². The van der Waals surface area contributed by atoms with Crippen molar-refractivity contribution in [2.75, 3.05) is 19.6 Å². The highest BCUT2D eigenvalue weighted by molar-refractivity contribution is 5.78. The fourth-order valence-electron chi connectivity index (χ4n) is 2.71. The molecule has 0 spiro atoms. The highest BCUT2D eigenvalue weighted by atomic mass is 16.2. The zero-order valence-corrected chi connectivity index (χ0v) is 12.5. The Labute approximate surface area is 120 Å². The van der Waals surface area contributed by atoms with Crippen LogP contribution in [0.3, 0.4) is 0 Å². The average Bonchev–Trinajstić information content (AvgIpc) is 2.78. The van der Waals surface area contributed by atoms with Gasteiger partial charge in [0, 0.05) is 7.05 Å². The van der Waals surface area contributed by atoms with Crippen LogP contribution >= 0.6 is 0 Å². The number of hydrogen-bond acceptors (Lipinski definition) is 4. The van der Waals surface area contributed by atoms with Gasteiger partial charge in [-0.2, -0.15) is 0 Å². The molecule has 0 radical (unpaired) electrons. The van der Waals surface area contributed by atoms with Crippen LogP contribution in [0.25, 0.3) is 0 Å². The summed E-state index contributed by atoms with van der Waals surface area (Å²) < 4.78 is 1.83. The summed E-state index contributed by atoms with van der Waals surface area (Å²) in [6.07, 6.45) is 7.96. The molecule has 1 atom stereocenters. The summed E-state index contributed by atoms with van der Waals surface area (Å²) in [6, 6.07) is -0.107. The van der Waals surface area contributed by atoms with Crippen molar-refractivity contribution in [3.63, 3.8) is 0 Å². The maximum atomic E-state index is 12.1. The second-order valence-electron chi connectivity index (χ2n) is 5.63. The number of aryl methyl sites for hydroxylation is 1. The topological polar surface area (TPSA) is 63.1 Å².